The van der Waals surface area contributed by atoms with E-state index >= 15 is 0 Å². The summed E-state index contributed by atoms with van der Waals surface area (Å²) in [5.41, 5.74) is 3.68. The summed E-state index contributed by atoms with van der Waals surface area (Å²) >= 11 is 0. The fourth-order valence-corrected chi connectivity index (χ4v) is 3.28. The summed E-state index contributed by atoms with van der Waals surface area (Å²) in [5, 5.41) is 6.09. The zero-order valence-corrected chi connectivity index (χ0v) is 14.9. The largest absolute Gasteiger partial charge is 0.497 e. The van der Waals surface area contributed by atoms with E-state index in [1.165, 1.54) is 22.0 Å². The molecule has 0 unspecified atom stereocenters. The molecule has 1 aromatic heterocycles. The molecule has 0 fully saturated rings. The summed E-state index contributed by atoms with van der Waals surface area (Å²) in [4.78, 5) is 0. The quantitative estimate of drug-likeness (QED) is 0.514. The van der Waals surface area contributed by atoms with Gasteiger partial charge in [-0.05, 0) is 52.7 Å². The molecular formula is C23H22N2O. The molecule has 0 aliphatic rings. The van der Waals surface area contributed by atoms with Gasteiger partial charge in [0, 0.05) is 24.1 Å². The van der Waals surface area contributed by atoms with Gasteiger partial charge in [-0.15, -0.1) is 0 Å². The highest BCUT2D eigenvalue weighted by molar-refractivity contribution is 5.85. The van der Waals surface area contributed by atoms with Gasteiger partial charge in [0.25, 0.3) is 0 Å². The van der Waals surface area contributed by atoms with Crippen molar-refractivity contribution in [3.05, 3.63) is 96.3 Å². The minimum Gasteiger partial charge on any atom is -0.497 e. The van der Waals surface area contributed by atoms with E-state index in [1.807, 2.05) is 24.3 Å². The first kappa shape index (κ1) is 16.3. The van der Waals surface area contributed by atoms with Crippen LogP contribution in [0.3, 0.4) is 0 Å². The number of benzene rings is 3. The molecule has 3 heteroatoms. The molecular weight excluding hydrogens is 320 g/mol. The first-order chi connectivity index (χ1) is 12.8. The van der Waals surface area contributed by atoms with Gasteiger partial charge in [0.1, 0.15) is 5.75 Å². The molecule has 3 aromatic carbocycles. The number of hydrogen-bond donors (Lipinski definition) is 1. The Labute approximate surface area is 153 Å². The molecule has 0 atom stereocenters. The van der Waals surface area contributed by atoms with Crippen LogP contribution in [0.2, 0.25) is 0 Å². The van der Waals surface area contributed by atoms with Gasteiger partial charge in [0.05, 0.1) is 13.7 Å². The van der Waals surface area contributed by atoms with Gasteiger partial charge in [-0.25, -0.2) is 0 Å². The summed E-state index contributed by atoms with van der Waals surface area (Å²) in [6.07, 6.45) is 2.15. The van der Waals surface area contributed by atoms with Crippen LogP contribution in [0.1, 0.15) is 11.3 Å². The predicted molar refractivity (Wildman–Crippen MR) is 108 cm³/mol. The minimum atomic E-state index is 0.782. The van der Waals surface area contributed by atoms with Crippen LogP contribution in [-0.4, -0.2) is 11.7 Å². The van der Waals surface area contributed by atoms with Gasteiger partial charge < -0.3 is 14.6 Å². The highest BCUT2D eigenvalue weighted by Gasteiger charge is 2.05. The van der Waals surface area contributed by atoms with E-state index in [4.69, 9.17) is 4.74 Å². The Morgan fingerprint density at radius 2 is 1.65 bits per heavy atom. The van der Waals surface area contributed by atoms with E-state index in [0.717, 1.165) is 24.5 Å². The molecule has 0 aliphatic carbocycles. The second-order valence-corrected chi connectivity index (χ2v) is 6.35. The summed E-state index contributed by atoms with van der Waals surface area (Å²) in [7, 11) is 1.68. The third kappa shape index (κ3) is 3.42. The van der Waals surface area contributed by atoms with Crippen LogP contribution >= 0.6 is 0 Å². The van der Waals surface area contributed by atoms with Gasteiger partial charge in [-0.3, -0.25) is 0 Å². The molecule has 0 aliphatic heterocycles. The summed E-state index contributed by atoms with van der Waals surface area (Å²) in [6.45, 7) is 1.65. The van der Waals surface area contributed by atoms with Crippen molar-refractivity contribution in [3.8, 4) is 5.75 Å². The van der Waals surface area contributed by atoms with Crippen LogP contribution < -0.4 is 10.1 Å². The molecule has 1 heterocycles. The van der Waals surface area contributed by atoms with Crippen molar-refractivity contribution in [1.29, 1.82) is 0 Å². The number of fused-ring (bicyclic) bond motifs is 1. The van der Waals surface area contributed by atoms with Crippen LogP contribution in [0.5, 0.6) is 5.75 Å². The second kappa shape index (κ2) is 7.36. The van der Waals surface area contributed by atoms with Crippen molar-refractivity contribution in [2.45, 2.75) is 13.1 Å². The van der Waals surface area contributed by atoms with Crippen molar-refractivity contribution < 1.29 is 4.74 Å². The third-order valence-electron chi connectivity index (χ3n) is 4.71. The molecule has 3 nitrogen and oxygen atoms in total. The average Bonchev–Trinajstić information content (AvgIpc) is 3.14. The number of nitrogens with zero attached hydrogens (tertiary/aromatic N) is 1. The number of rotatable bonds is 6. The molecule has 0 amide bonds. The smallest absolute Gasteiger partial charge is 0.119 e. The highest BCUT2D eigenvalue weighted by atomic mass is 16.5. The summed E-state index contributed by atoms with van der Waals surface area (Å²) < 4.78 is 7.51. The van der Waals surface area contributed by atoms with Gasteiger partial charge >= 0.3 is 0 Å². The molecule has 0 saturated carbocycles. The molecule has 0 bridgehead atoms. The zero-order valence-electron chi connectivity index (χ0n) is 14.9. The number of methoxy groups -OCH3 is 1. The Morgan fingerprint density at radius 1 is 0.846 bits per heavy atom. The number of hydrogen-bond acceptors (Lipinski definition) is 2. The maximum Gasteiger partial charge on any atom is 0.119 e. The normalized spacial score (nSPS) is 10.8. The lowest BCUT2D eigenvalue weighted by atomic mass is 10.0. The molecule has 0 saturated heterocycles. The second-order valence-electron chi connectivity index (χ2n) is 6.35. The lowest BCUT2D eigenvalue weighted by molar-refractivity contribution is 0.415. The zero-order chi connectivity index (χ0) is 17.8. The Morgan fingerprint density at radius 3 is 2.50 bits per heavy atom. The third-order valence-corrected chi connectivity index (χ3v) is 4.71. The Balaban J connectivity index is 1.51. The van der Waals surface area contributed by atoms with Crippen LogP contribution in [0.25, 0.3) is 10.8 Å². The lowest BCUT2D eigenvalue weighted by Gasteiger charge is -2.13. The Kier molecular flexibility index (Phi) is 4.61. The topological polar surface area (TPSA) is 26.2 Å². The molecule has 1 N–H and O–H groups in total. The van der Waals surface area contributed by atoms with Gasteiger partial charge in [0.15, 0.2) is 0 Å². The lowest BCUT2D eigenvalue weighted by Crippen LogP contribution is -2.08. The van der Waals surface area contributed by atoms with Gasteiger partial charge in [0.2, 0.25) is 0 Å². The molecule has 0 spiro atoms. The van der Waals surface area contributed by atoms with Gasteiger partial charge in [-0.2, -0.15) is 0 Å². The van der Waals surface area contributed by atoms with E-state index in [1.54, 1.807) is 7.11 Å². The fourth-order valence-electron chi connectivity index (χ4n) is 3.28. The van der Waals surface area contributed by atoms with Crippen molar-refractivity contribution in [2.75, 3.05) is 12.4 Å². The van der Waals surface area contributed by atoms with Gasteiger partial charge in [-0.1, -0.05) is 42.5 Å². The van der Waals surface area contributed by atoms with Crippen LogP contribution in [0, 0.1) is 0 Å². The van der Waals surface area contributed by atoms with E-state index in [2.05, 4.69) is 70.7 Å². The predicted octanol–water partition coefficient (Wildman–Crippen LogP) is 5.31. The monoisotopic (exact) mass is 342 g/mol. The SMILES string of the molecule is COc1ccc(NCc2cccn2Cc2cccc3ccccc23)cc1. The number of ether oxygens (including phenoxy) is 1. The van der Waals surface area contributed by atoms with Crippen molar-refractivity contribution in [2.24, 2.45) is 0 Å². The van der Waals surface area contributed by atoms with Crippen LogP contribution in [0.4, 0.5) is 5.69 Å². The molecule has 26 heavy (non-hydrogen) atoms. The maximum absolute atomic E-state index is 5.21. The van der Waals surface area contributed by atoms with E-state index in [9.17, 15) is 0 Å². The number of aromatic nitrogens is 1. The van der Waals surface area contributed by atoms with Crippen LogP contribution in [-0.2, 0) is 13.1 Å². The van der Waals surface area contributed by atoms with E-state index in [0.29, 0.717) is 0 Å². The van der Waals surface area contributed by atoms with Crippen molar-refractivity contribution >= 4 is 16.5 Å². The van der Waals surface area contributed by atoms with Crippen LogP contribution in [0.15, 0.2) is 85.1 Å². The molecule has 0 radical (unpaired) electrons. The Hall–Kier alpha value is -3.20. The maximum atomic E-state index is 5.21. The molecule has 4 rings (SSSR count). The average molecular weight is 342 g/mol. The first-order valence-electron chi connectivity index (χ1n) is 8.82. The molecule has 130 valence electrons. The van der Waals surface area contributed by atoms with Crippen molar-refractivity contribution in [3.63, 3.8) is 0 Å². The molecule has 4 aromatic rings. The van der Waals surface area contributed by atoms with E-state index < -0.39 is 0 Å². The number of nitrogens with one attached hydrogen (secondary N) is 1. The highest BCUT2D eigenvalue weighted by Crippen LogP contribution is 2.21. The van der Waals surface area contributed by atoms with Crippen molar-refractivity contribution in [1.82, 2.24) is 4.57 Å². The number of anilines is 1. The summed E-state index contributed by atoms with van der Waals surface area (Å²) in [6, 6.07) is 27.4. The standard InChI is InChI=1S/C23H22N2O/c1-26-22-13-11-20(12-14-22)24-16-21-9-5-15-25(21)17-19-8-4-7-18-6-2-3-10-23(18)19/h2-15,24H,16-17H2,1H3. The van der Waals surface area contributed by atoms with E-state index in [-0.39, 0.29) is 0 Å². The fraction of sp³-hybridized carbons (Fsp3) is 0.130. The minimum absolute atomic E-state index is 0.782. The first-order valence-corrected chi connectivity index (χ1v) is 8.82. The summed E-state index contributed by atoms with van der Waals surface area (Å²) in [5.74, 6) is 0.870. The Bertz CT molecular complexity index is 997.